The van der Waals surface area contributed by atoms with E-state index in [1.165, 1.54) is 38.5 Å². The fourth-order valence-corrected chi connectivity index (χ4v) is 2.01. The van der Waals surface area contributed by atoms with Crippen LogP contribution in [0.4, 0.5) is 0 Å². The molecule has 0 aromatic heterocycles. The Labute approximate surface area is 122 Å². The first-order valence-electron chi connectivity index (χ1n) is 7.86. The monoisotopic (exact) mass is 292 g/mol. The van der Waals surface area contributed by atoms with Crippen LogP contribution >= 0.6 is 0 Å². The van der Waals surface area contributed by atoms with Gasteiger partial charge in [0, 0.05) is 6.61 Å². The third-order valence-electron chi connectivity index (χ3n) is 3.41. The van der Waals surface area contributed by atoms with Crippen LogP contribution in [0.25, 0.3) is 0 Å². The highest BCUT2D eigenvalue weighted by Crippen LogP contribution is 2.08. The standard InChI is InChI=1S/C15H32O5/c1-2-3-4-5-6-7-8-9-10-20-12-14(18)15(19)13(17)11-16/h13-19H,2-12H2,1H3/t13-,14+,15+/m1/s1. The number of rotatable bonds is 14. The molecule has 0 fully saturated rings. The maximum atomic E-state index is 9.50. The molecule has 0 saturated heterocycles. The molecule has 0 saturated carbocycles. The van der Waals surface area contributed by atoms with E-state index in [9.17, 15) is 10.2 Å². The van der Waals surface area contributed by atoms with Crippen LogP contribution in [0.15, 0.2) is 0 Å². The van der Waals surface area contributed by atoms with E-state index >= 15 is 0 Å². The Morgan fingerprint density at radius 2 is 1.35 bits per heavy atom. The third kappa shape index (κ3) is 10.6. The molecule has 0 heterocycles. The van der Waals surface area contributed by atoms with E-state index in [0.717, 1.165) is 12.8 Å². The molecule has 122 valence electrons. The maximum Gasteiger partial charge on any atom is 0.110 e. The van der Waals surface area contributed by atoms with Crippen LogP contribution in [0.2, 0.25) is 0 Å². The van der Waals surface area contributed by atoms with Gasteiger partial charge in [0.15, 0.2) is 0 Å². The number of hydrogen-bond donors (Lipinski definition) is 4. The summed E-state index contributed by atoms with van der Waals surface area (Å²) in [5.74, 6) is 0. The molecule has 0 rings (SSSR count). The Hall–Kier alpha value is -0.200. The maximum absolute atomic E-state index is 9.50. The Kier molecular flexibility index (Phi) is 13.6. The number of ether oxygens (including phenoxy) is 1. The number of aliphatic hydroxyl groups excluding tert-OH is 4. The predicted molar refractivity (Wildman–Crippen MR) is 78.5 cm³/mol. The summed E-state index contributed by atoms with van der Waals surface area (Å²) in [5, 5.41) is 36.7. The zero-order chi connectivity index (χ0) is 15.2. The van der Waals surface area contributed by atoms with Gasteiger partial charge < -0.3 is 25.2 Å². The van der Waals surface area contributed by atoms with Crippen LogP contribution in [0.3, 0.4) is 0 Å². The lowest BCUT2D eigenvalue weighted by Gasteiger charge is -2.21. The second kappa shape index (κ2) is 13.8. The largest absolute Gasteiger partial charge is 0.394 e. The van der Waals surface area contributed by atoms with E-state index in [-0.39, 0.29) is 6.61 Å². The number of hydrogen-bond acceptors (Lipinski definition) is 5. The van der Waals surface area contributed by atoms with Crippen molar-refractivity contribution in [1.29, 1.82) is 0 Å². The Balaban J connectivity index is 3.31. The lowest BCUT2D eigenvalue weighted by Crippen LogP contribution is -2.41. The molecule has 0 aromatic carbocycles. The third-order valence-corrected chi connectivity index (χ3v) is 3.41. The van der Waals surface area contributed by atoms with E-state index < -0.39 is 24.9 Å². The molecule has 0 aromatic rings. The molecule has 0 spiro atoms. The SMILES string of the molecule is CCCCCCCCCCOC[C@H](O)[C@@H](O)[C@H](O)CO. The summed E-state index contributed by atoms with van der Waals surface area (Å²) < 4.78 is 5.25. The van der Waals surface area contributed by atoms with E-state index in [1.54, 1.807) is 0 Å². The smallest absolute Gasteiger partial charge is 0.110 e. The van der Waals surface area contributed by atoms with Crippen LogP contribution in [0, 0.1) is 0 Å². The molecule has 20 heavy (non-hydrogen) atoms. The van der Waals surface area contributed by atoms with Crippen molar-refractivity contribution in [2.24, 2.45) is 0 Å². The van der Waals surface area contributed by atoms with E-state index in [0.29, 0.717) is 6.61 Å². The van der Waals surface area contributed by atoms with Crippen LogP contribution < -0.4 is 0 Å². The molecule has 0 amide bonds. The molecular weight excluding hydrogens is 260 g/mol. The zero-order valence-corrected chi connectivity index (χ0v) is 12.7. The van der Waals surface area contributed by atoms with Crippen molar-refractivity contribution in [2.45, 2.75) is 76.6 Å². The van der Waals surface area contributed by atoms with Gasteiger partial charge in [-0.05, 0) is 6.42 Å². The van der Waals surface area contributed by atoms with Gasteiger partial charge in [0.25, 0.3) is 0 Å². The van der Waals surface area contributed by atoms with Crippen molar-refractivity contribution in [1.82, 2.24) is 0 Å². The average Bonchev–Trinajstić information content (AvgIpc) is 2.47. The van der Waals surface area contributed by atoms with Crippen molar-refractivity contribution >= 4 is 0 Å². The lowest BCUT2D eigenvalue weighted by molar-refractivity contribution is -0.0997. The summed E-state index contributed by atoms with van der Waals surface area (Å²) in [4.78, 5) is 0. The minimum absolute atomic E-state index is 0.0191. The van der Waals surface area contributed by atoms with Gasteiger partial charge in [0.1, 0.15) is 18.3 Å². The molecule has 0 aliphatic heterocycles. The second-order valence-electron chi connectivity index (χ2n) is 5.36. The first-order valence-corrected chi connectivity index (χ1v) is 7.86. The van der Waals surface area contributed by atoms with Crippen molar-refractivity contribution in [2.75, 3.05) is 19.8 Å². The molecular formula is C15H32O5. The van der Waals surface area contributed by atoms with Gasteiger partial charge in [-0.1, -0.05) is 51.9 Å². The Morgan fingerprint density at radius 1 is 0.800 bits per heavy atom. The van der Waals surface area contributed by atoms with Crippen LogP contribution in [-0.2, 0) is 4.74 Å². The fourth-order valence-electron chi connectivity index (χ4n) is 2.01. The number of aliphatic hydroxyl groups is 4. The van der Waals surface area contributed by atoms with Crippen molar-refractivity contribution < 1.29 is 25.2 Å². The molecule has 0 unspecified atom stereocenters. The van der Waals surface area contributed by atoms with Gasteiger partial charge in [-0.2, -0.15) is 0 Å². The molecule has 0 aliphatic rings. The highest BCUT2D eigenvalue weighted by atomic mass is 16.5. The van der Waals surface area contributed by atoms with Gasteiger partial charge in [-0.25, -0.2) is 0 Å². The van der Waals surface area contributed by atoms with E-state index in [4.69, 9.17) is 14.9 Å². The highest BCUT2D eigenvalue weighted by molar-refractivity contribution is 4.74. The summed E-state index contributed by atoms with van der Waals surface area (Å²) in [5.41, 5.74) is 0. The Bertz CT molecular complexity index is 201. The summed E-state index contributed by atoms with van der Waals surface area (Å²) in [6, 6.07) is 0. The Morgan fingerprint density at radius 3 is 1.90 bits per heavy atom. The van der Waals surface area contributed by atoms with Crippen molar-refractivity contribution in [3.8, 4) is 0 Å². The first-order chi connectivity index (χ1) is 9.63. The number of unbranched alkanes of at least 4 members (excludes halogenated alkanes) is 7. The summed E-state index contributed by atoms with van der Waals surface area (Å²) in [6.45, 7) is 2.17. The van der Waals surface area contributed by atoms with Gasteiger partial charge in [-0.3, -0.25) is 0 Å². The fraction of sp³-hybridized carbons (Fsp3) is 1.00. The van der Waals surface area contributed by atoms with Gasteiger partial charge >= 0.3 is 0 Å². The summed E-state index contributed by atoms with van der Waals surface area (Å²) in [6.07, 6.45) is 5.91. The summed E-state index contributed by atoms with van der Waals surface area (Å²) in [7, 11) is 0. The highest BCUT2D eigenvalue weighted by Gasteiger charge is 2.23. The summed E-state index contributed by atoms with van der Waals surface area (Å²) >= 11 is 0. The van der Waals surface area contributed by atoms with Crippen molar-refractivity contribution in [3.05, 3.63) is 0 Å². The molecule has 3 atom stereocenters. The molecule has 5 heteroatoms. The minimum Gasteiger partial charge on any atom is -0.394 e. The molecule has 0 radical (unpaired) electrons. The van der Waals surface area contributed by atoms with Gasteiger partial charge in [-0.15, -0.1) is 0 Å². The minimum atomic E-state index is -1.36. The van der Waals surface area contributed by atoms with Crippen LogP contribution in [0.1, 0.15) is 58.3 Å². The molecule has 4 N–H and O–H groups in total. The molecule has 5 nitrogen and oxygen atoms in total. The van der Waals surface area contributed by atoms with Crippen LogP contribution in [-0.4, -0.2) is 58.6 Å². The van der Waals surface area contributed by atoms with Gasteiger partial charge in [0.2, 0.25) is 0 Å². The quantitative estimate of drug-likeness (QED) is 0.361. The van der Waals surface area contributed by atoms with Crippen LogP contribution in [0.5, 0.6) is 0 Å². The zero-order valence-electron chi connectivity index (χ0n) is 12.7. The van der Waals surface area contributed by atoms with E-state index in [2.05, 4.69) is 6.92 Å². The molecule has 0 aliphatic carbocycles. The predicted octanol–water partition coefficient (Wildman–Crippen LogP) is 1.22. The topological polar surface area (TPSA) is 90.2 Å². The normalized spacial score (nSPS) is 16.1. The second-order valence-corrected chi connectivity index (χ2v) is 5.36. The lowest BCUT2D eigenvalue weighted by atomic mass is 10.1. The van der Waals surface area contributed by atoms with Gasteiger partial charge in [0.05, 0.1) is 13.2 Å². The first kappa shape index (κ1) is 19.8. The average molecular weight is 292 g/mol. The van der Waals surface area contributed by atoms with Crippen molar-refractivity contribution in [3.63, 3.8) is 0 Å². The molecule has 0 bridgehead atoms. The van der Waals surface area contributed by atoms with E-state index in [1.807, 2.05) is 0 Å².